The first-order valence-electron chi connectivity index (χ1n) is 6.02. The van der Waals surface area contributed by atoms with Gasteiger partial charge < -0.3 is 9.84 Å². The number of ether oxygens (including phenoxy) is 1. The van der Waals surface area contributed by atoms with Gasteiger partial charge in [0.05, 0.1) is 12.2 Å². The van der Waals surface area contributed by atoms with Gasteiger partial charge in [-0.1, -0.05) is 22.6 Å². The molecule has 0 bridgehead atoms. The van der Waals surface area contributed by atoms with E-state index in [1.807, 2.05) is 22.6 Å². The molecule has 1 N–H and O–H groups in total. The van der Waals surface area contributed by atoms with Gasteiger partial charge in [-0.2, -0.15) is 0 Å². The molecule has 1 aromatic heterocycles. The lowest BCUT2D eigenvalue weighted by Gasteiger charge is -2.10. The Morgan fingerprint density at radius 2 is 1.82 bits per heavy atom. The third-order valence-corrected chi connectivity index (χ3v) is 3.10. The first-order chi connectivity index (χ1) is 10.4. The number of hydrogen-bond donors (Lipinski definition) is 1. The smallest absolute Gasteiger partial charge is 0.354 e. The van der Waals surface area contributed by atoms with Crippen molar-refractivity contribution >= 4 is 28.6 Å². The zero-order valence-corrected chi connectivity index (χ0v) is 13.1. The highest BCUT2D eigenvalue weighted by molar-refractivity contribution is 14.1. The number of rotatable bonds is 5. The molecule has 2 aromatic rings. The van der Waals surface area contributed by atoms with Gasteiger partial charge in [0.1, 0.15) is 34.6 Å². The van der Waals surface area contributed by atoms with Crippen LogP contribution in [0.15, 0.2) is 24.3 Å². The molecule has 116 valence electrons. The van der Waals surface area contributed by atoms with E-state index in [0.29, 0.717) is 4.43 Å². The molecule has 0 spiro atoms. The van der Waals surface area contributed by atoms with E-state index in [-0.39, 0.29) is 12.4 Å². The van der Waals surface area contributed by atoms with Crippen molar-refractivity contribution in [1.29, 1.82) is 0 Å². The largest absolute Gasteiger partial charge is 0.493 e. The molecule has 0 fully saturated rings. The molecule has 2 rings (SSSR count). The van der Waals surface area contributed by atoms with Crippen molar-refractivity contribution in [3.8, 4) is 17.0 Å². The molecule has 0 radical (unpaired) electrons. The number of aromatic nitrogens is 1. The predicted octanol–water partition coefficient (Wildman–Crippen LogP) is 3.68. The number of alkyl halides is 1. The van der Waals surface area contributed by atoms with Gasteiger partial charge in [-0.3, -0.25) is 0 Å². The number of halogens is 4. The molecule has 0 atom stereocenters. The summed E-state index contributed by atoms with van der Waals surface area (Å²) in [5, 5.41) is 8.83. The zero-order chi connectivity index (χ0) is 16.3. The van der Waals surface area contributed by atoms with Gasteiger partial charge in [0.25, 0.3) is 0 Å². The summed E-state index contributed by atoms with van der Waals surface area (Å²) in [6.07, 6.45) is 0. The molecule has 0 aliphatic heterocycles. The number of pyridine rings is 1. The summed E-state index contributed by atoms with van der Waals surface area (Å²) < 4.78 is 47.6. The number of nitrogens with zero attached hydrogens (tertiary/aromatic N) is 1. The predicted molar refractivity (Wildman–Crippen MR) is 80.9 cm³/mol. The van der Waals surface area contributed by atoms with Crippen LogP contribution in [0, 0.1) is 17.5 Å². The molecule has 0 saturated heterocycles. The third-order valence-electron chi connectivity index (χ3n) is 2.66. The maximum absolute atomic E-state index is 14.1. The Labute approximate surface area is 137 Å². The van der Waals surface area contributed by atoms with Crippen molar-refractivity contribution in [2.45, 2.75) is 0 Å². The van der Waals surface area contributed by atoms with Crippen LogP contribution in [-0.2, 0) is 0 Å². The van der Waals surface area contributed by atoms with Gasteiger partial charge >= 0.3 is 5.97 Å². The molecule has 0 aliphatic rings. The van der Waals surface area contributed by atoms with Crippen LogP contribution < -0.4 is 4.74 Å². The van der Waals surface area contributed by atoms with E-state index >= 15 is 0 Å². The number of carboxylic acid groups (broad SMARTS) is 1. The Morgan fingerprint density at radius 1 is 1.18 bits per heavy atom. The minimum atomic E-state index is -1.43. The number of benzene rings is 1. The molecule has 22 heavy (non-hydrogen) atoms. The van der Waals surface area contributed by atoms with Gasteiger partial charge in [-0.15, -0.1) is 0 Å². The van der Waals surface area contributed by atoms with Gasteiger partial charge in [-0.25, -0.2) is 22.9 Å². The summed E-state index contributed by atoms with van der Waals surface area (Å²) in [6.45, 7) is 0.264. The average Bonchev–Trinajstić information content (AvgIpc) is 2.46. The molecule has 1 heterocycles. The number of carbonyl (C=O) groups is 1. The standard InChI is InChI=1S/C14H9F3INO3/c15-8-1-2-11(14(20)21)19-13(8)12-9(16)5-7(6-10(12)17)22-4-3-18/h1-2,5-6H,3-4H2,(H,20,21). The van der Waals surface area contributed by atoms with Gasteiger partial charge in [-0.05, 0) is 12.1 Å². The van der Waals surface area contributed by atoms with Crippen LogP contribution in [0.25, 0.3) is 11.3 Å². The van der Waals surface area contributed by atoms with Crippen molar-refractivity contribution in [2.24, 2.45) is 0 Å². The Kier molecular flexibility index (Phi) is 5.22. The lowest BCUT2D eigenvalue weighted by molar-refractivity contribution is 0.0690. The zero-order valence-electron chi connectivity index (χ0n) is 10.9. The Bertz CT molecular complexity index is 701. The van der Waals surface area contributed by atoms with Crippen LogP contribution in [0.5, 0.6) is 5.75 Å². The minimum Gasteiger partial charge on any atom is -0.493 e. The summed E-state index contributed by atoms with van der Waals surface area (Å²) in [6, 6.07) is 3.51. The summed E-state index contributed by atoms with van der Waals surface area (Å²) in [4.78, 5) is 14.3. The van der Waals surface area contributed by atoms with Crippen LogP contribution >= 0.6 is 22.6 Å². The number of carboxylic acids is 1. The Balaban J connectivity index is 2.53. The van der Waals surface area contributed by atoms with Gasteiger partial charge in [0.15, 0.2) is 0 Å². The first kappa shape index (κ1) is 16.5. The number of hydrogen-bond acceptors (Lipinski definition) is 3. The Hall–Kier alpha value is -1.84. The van der Waals surface area contributed by atoms with Crippen molar-refractivity contribution in [3.05, 3.63) is 47.4 Å². The Morgan fingerprint density at radius 3 is 2.36 bits per heavy atom. The molecule has 0 unspecified atom stereocenters. The highest BCUT2D eigenvalue weighted by Crippen LogP contribution is 2.30. The minimum absolute atomic E-state index is 0.0368. The maximum atomic E-state index is 14.1. The van der Waals surface area contributed by atoms with Gasteiger partial charge in [0.2, 0.25) is 0 Å². The van der Waals surface area contributed by atoms with Gasteiger partial charge in [0, 0.05) is 16.6 Å². The normalized spacial score (nSPS) is 10.5. The molecule has 8 heteroatoms. The topological polar surface area (TPSA) is 59.4 Å². The lowest BCUT2D eigenvalue weighted by Crippen LogP contribution is -2.05. The van der Waals surface area contributed by atoms with Crippen molar-refractivity contribution in [3.63, 3.8) is 0 Å². The van der Waals surface area contributed by atoms with E-state index in [4.69, 9.17) is 9.84 Å². The van der Waals surface area contributed by atoms with E-state index < -0.39 is 40.4 Å². The maximum Gasteiger partial charge on any atom is 0.354 e. The quantitative estimate of drug-likeness (QED) is 0.589. The van der Waals surface area contributed by atoms with Crippen molar-refractivity contribution in [2.75, 3.05) is 11.0 Å². The van der Waals surface area contributed by atoms with E-state index in [1.165, 1.54) is 0 Å². The fraction of sp³-hybridized carbons (Fsp3) is 0.143. The van der Waals surface area contributed by atoms with Crippen molar-refractivity contribution in [1.82, 2.24) is 4.98 Å². The molecule has 0 aliphatic carbocycles. The molecular weight excluding hydrogens is 414 g/mol. The number of aromatic carboxylic acids is 1. The SMILES string of the molecule is O=C(O)c1ccc(F)c(-c2c(F)cc(OCCI)cc2F)n1. The van der Waals surface area contributed by atoms with E-state index in [9.17, 15) is 18.0 Å². The molecule has 0 amide bonds. The van der Waals surface area contributed by atoms with E-state index in [1.54, 1.807) is 0 Å². The highest BCUT2D eigenvalue weighted by Gasteiger charge is 2.20. The second kappa shape index (κ2) is 6.95. The fourth-order valence-corrected chi connectivity index (χ4v) is 1.97. The van der Waals surface area contributed by atoms with Crippen LogP contribution in [0.2, 0.25) is 0 Å². The fourth-order valence-electron chi connectivity index (χ4n) is 1.75. The van der Waals surface area contributed by atoms with Crippen LogP contribution in [-0.4, -0.2) is 27.1 Å². The molecule has 1 aromatic carbocycles. The lowest BCUT2D eigenvalue weighted by atomic mass is 10.1. The average molecular weight is 423 g/mol. The summed E-state index contributed by atoms with van der Waals surface area (Å²) in [5.41, 5.74) is -1.95. The molecular formula is C14H9F3INO3. The highest BCUT2D eigenvalue weighted by atomic mass is 127. The van der Waals surface area contributed by atoms with E-state index in [0.717, 1.165) is 24.3 Å². The van der Waals surface area contributed by atoms with Crippen LogP contribution in [0.1, 0.15) is 10.5 Å². The second-order valence-corrected chi connectivity index (χ2v) is 5.21. The van der Waals surface area contributed by atoms with Crippen molar-refractivity contribution < 1.29 is 27.8 Å². The monoisotopic (exact) mass is 423 g/mol. The molecule has 0 saturated carbocycles. The summed E-state index contributed by atoms with van der Waals surface area (Å²) >= 11 is 2.03. The van der Waals surface area contributed by atoms with Crippen LogP contribution in [0.3, 0.4) is 0 Å². The van der Waals surface area contributed by atoms with E-state index in [2.05, 4.69) is 4.98 Å². The second-order valence-electron chi connectivity index (χ2n) is 4.13. The first-order valence-corrected chi connectivity index (χ1v) is 7.54. The summed E-state index contributed by atoms with van der Waals surface area (Å²) in [5.74, 6) is -4.66. The van der Waals surface area contributed by atoms with Crippen LogP contribution in [0.4, 0.5) is 13.2 Å². The molecule has 4 nitrogen and oxygen atoms in total. The summed E-state index contributed by atoms with van der Waals surface area (Å²) in [7, 11) is 0. The third kappa shape index (κ3) is 3.49.